The molecule has 0 radical (unpaired) electrons. The molecule has 2 rings (SSSR count). The Morgan fingerprint density at radius 2 is 2.16 bits per heavy atom. The molecule has 7 nitrogen and oxygen atoms in total. The van der Waals surface area contributed by atoms with Crippen molar-refractivity contribution in [3.05, 3.63) is 57.6 Å². The fourth-order valence-corrected chi connectivity index (χ4v) is 1.49. The van der Waals surface area contributed by atoms with Crippen molar-refractivity contribution >= 4 is 28.9 Å². The van der Waals surface area contributed by atoms with Gasteiger partial charge in [0.25, 0.3) is 11.6 Å². The van der Waals surface area contributed by atoms with Crippen LogP contribution in [-0.4, -0.2) is 20.8 Å². The molecule has 0 saturated heterocycles. The number of aromatic nitrogens is 2. The lowest BCUT2D eigenvalue weighted by molar-refractivity contribution is -0.384. The molecule has 0 fully saturated rings. The van der Waals surface area contributed by atoms with Gasteiger partial charge < -0.3 is 5.32 Å². The van der Waals surface area contributed by atoms with E-state index in [0.717, 1.165) is 0 Å². The molecule has 1 heterocycles. The third kappa shape index (κ3) is 3.23. The largest absolute Gasteiger partial charge is 0.320 e. The number of anilines is 1. The summed E-state index contributed by atoms with van der Waals surface area (Å²) in [7, 11) is 0. The van der Waals surface area contributed by atoms with Crippen molar-refractivity contribution in [2.24, 2.45) is 0 Å². The highest BCUT2D eigenvalue weighted by atomic mass is 35.5. The lowest BCUT2D eigenvalue weighted by Gasteiger charge is -2.04. The lowest BCUT2D eigenvalue weighted by atomic mass is 10.2. The van der Waals surface area contributed by atoms with E-state index >= 15 is 0 Å². The van der Waals surface area contributed by atoms with Gasteiger partial charge in [-0.05, 0) is 6.07 Å². The predicted octanol–water partition coefficient (Wildman–Crippen LogP) is 2.29. The Balaban J connectivity index is 2.19. The fraction of sp³-hybridized carbons (Fsp3) is 0. The topological polar surface area (TPSA) is 98.0 Å². The van der Waals surface area contributed by atoms with Gasteiger partial charge in [-0.2, -0.15) is 0 Å². The van der Waals surface area contributed by atoms with E-state index in [-0.39, 0.29) is 16.5 Å². The highest BCUT2D eigenvalue weighted by Crippen LogP contribution is 2.17. The molecule has 0 bridgehead atoms. The monoisotopic (exact) mass is 278 g/mol. The van der Waals surface area contributed by atoms with Crippen LogP contribution < -0.4 is 5.32 Å². The second-order valence-electron chi connectivity index (χ2n) is 3.49. The molecule has 1 aromatic heterocycles. The maximum atomic E-state index is 11.8. The van der Waals surface area contributed by atoms with E-state index in [1.54, 1.807) is 0 Å². The first-order chi connectivity index (χ1) is 9.06. The number of carbonyl (C=O) groups excluding carboxylic acids is 1. The highest BCUT2D eigenvalue weighted by Gasteiger charge is 2.11. The highest BCUT2D eigenvalue weighted by molar-refractivity contribution is 6.29. The molecule has 0 saturated carbocycles. The molecule has 0 atom stereocenters. The summed E-state index contributed by atoms with van der Waals surface area (Å²) >= 11 is 5.62. The zero-order valence-corrected chi connectivity index (χ0v) is 10.2. The summed E-state index contributed by atoms with van der Waals surface area (Å²) in [5.41, 5.74) is 0.204. The SMILES string of the molecule is O=C(Nc1cccc([N+](=O)[O-])c1)c1cncc(Cl)n1. The average Bonchev–Trinajstić information content (AvgIpc) is 2.39. The third-order valence-electron chi connectivity index (χ3n) is 2.15. The Bertz CT molecular complexity index is 647. The van der Waals surface area contributed by atoms with Crippen LogP contribution in [0.5, 0.6) is 0 Å². The molecule has 0 unspecified atom stereocenters. The number of hydrogen-bond donors (Lipinski definition) is 1. The molecular formula is C11H7ClN4O3. The second kappa shape index (κ2) is 5.40. The number of nitrogens with zero attached hydrogens (tertiary/aromatic N) is 3. The number of nitro groups is 1. The molecular weight excluding hydrogens is 272 g/mol. The number of carbonyl (C=O) groups is 1. The molecule has 0 aliphatic rings. The summed E-state index contributed by atoms with van der Waals surface area (Å²) < 4.78 is 0. The summed E-state index contributed by atoms with van der Waals surface area (Å²) in [6.07, 6.45) is 2.55. The maximum Gasteiger partial charge on any atom is 0.275 e. The van der Waals surface area contributed by atoms with E-state index in [1.807, 2.05) is 0 Å². The van der Waals surface area contributed by atoms with Crippen molar-refractivity contribution in [3.8, 4) is 0 Å². The van der Waals surface area contributed by atoms with Crippen LogP contribution in [0.4, 0.5) is 11.4 Å². The lowest BCUT2D eigenvalue weighted by Crippen LogP contribution is -2.14. The van der Waals surface area contributed by atoms with Crippen molar-refractivity contribution in [1.82, 2.24) is 9.97 Å². The van der Waals surface area contributed by atoms with Crippen LogP contribution in [0.15, 0.2) is 36.7 Å². The number of halogens is 1. The number of amides is 1. The van der Waals surface area contributed by atoms with E-state index in [1.165, 1.54) is 36.7 Å². The number of benzene rings is 1. The fourth-order valence-electron chi connectivity index (χ4n) is 1.34. The van der Waals surface area contributed by atoms with Gasteiger partial charge in [0.1, 0.15) is 10.8 Å². The quantitative estimate of drug-likeness (QED) is 0.686. The summed E-state index contributed by atoms with van der Waals surface area (Å²) in [5.74, 6) is -0.546. The van der Waals surface area contributed by atoms with E-state index in [0.29, 0.717) is 5.69 Å². The van der Waals surface area contributed by atoms with Crippen molar-refractivity contribution in [2.75, 3.05) is 5.32 Å². The summed E-state index contributed by atoms with van der Waals surface area (Å²) in [6, 6.07) is 5.57. The molecule has 96 valence electrons. The van der Waals surface area contributed by atoms with E-state index in [2.05, 4.69) is 15.3 Å². The number of hydrogen-bond acceptors (Lipinski definition) is 5. The smallest absolute Gasteiger partial charge is 0.275 e. The molecule has 2 aromatic rings. The molecule has 1 aromatic carbocycles. The van der Waals surface area contributed by atoms with Gasteiger partial charge in [0.2, 0.25) is 0 Å². The van der Waals surface area contributed by atoms with Gasteiger partial charge in [-0.1, -0.05) is 17.7 Å². The Morgan fingerprint density at radius 3 is 2.84 bits per heavy atom. The Morgan fingerprint density at radius 1 is 1.37 bits per heavy atom. The summed E-state index contributed by atoms with van der Waals surface area (Å²) in [4.78, 5) is 29.4. The number of nitrogens with one attached hydrogen (secondary N) is 1. The Hall–Kier alpha value is -2.54. The second-order valence-corrected chi connectivity index (χ2v) is 3.88. The van der Waals surface area contributed by atoms with Gasteiger partial charge >= 0.3 is 0 Å². The van der Waals surface area contributed by atoms with Crippen LogP contribution in [0.25, 0.3) is 0 Å². The average molecular weight is 279 g/mol. The van der Waals surface area contributed by atoms with E-state index in [4.69, 9.17) is 11.6 Å². The number of nitro benzene ring substituents is 1. The van der Waals surface area contributed by atoms with Crippen LogP contribution in [0.2, 0.25) is 5.15 Å². The van der Waals surface area contributed by atoms with Crippen molar-refractivity contribution in [3.63, 3.8) is 0 Å². The number of rotatable bonds is 3. The van der Waals surface area contributed by atoms with Crippen LogP contribution in [0.3, 0.4) is 0 Å². The minimum Gasteiger partial charge on any atom is -0.320 e. The molecule has 0 aliphatic carbocycles. The third-order valence-corrected chi connectivity index (χ3v) is 2.33. The Kier molecular flexibility index (Phi) is 3.67. The van der Waals surface area contributed by atoms with Gasteiger partial charge in [-0.25, -0.2) is 4.98 Å². The van der Waals surface area contributed by atoms with Crippen molar-refractivity contribution < 1.29 is 9.72 Å². The first-order valence-electron chi connectivity index (χ1n) is 5.09. The first kappa shape index (κ1) is 12.9. The summed E-state index contributed by atoms with van der Waals surface area (Å²) in [6.45, 7) is 0. The van der Waals surface area contributed by atoms with Crippen LogP contribution in [0.1, 0.15) is 10.5 Å². The minimum absolute atomic E-state index is 0.0269. The normalized spacial score (nSPS) is 9.95. The maximum absolute atomic E-state index is 11.8. The van der Waals surface area contributed by atoms with Crippen LogP contribution in [-0.2, 0) is 0 Å². The number of non-ortho nitro benzene ring substituents is 1. The van der Waals surface area contributed by atoms with Crippen LogP contribution in [0, 0.1) is 10.1 Å². The molecule has 0 aliphatic heterocycles. The van der Waals surface area contributed by atoms with E-state index < -0.39 is 10.8 Å². The zero-order chi connectivity index (χ0) is 13.8. The molecule has 1 amide bonds. The van der Waals surface area contributed by atoms with Crippen molar-refractivity contribution in [2.45, 2.75) is 0 Å². The Labute approximate surface area is 112 Å². The van der Waals surface area contributed by atoms with Gasteiger partial charge in [0.05, 0.1) is 17.3 Å². The van der Waals surface area contributed by atoms with Gasteiger partial charge in [0.15, 0.2) is 0 Å². The predicted molar refractivity (Wildman–Crippen MR) is 68.1 cm³/mol. The van der Waals surface area contributed by atoms with Crippen LogP contribution >= 0.6 is 11.6 Å². The van der Waals surface area contributed by atoms with Gasteiger partial charge in [-0.15, -0.1) is 0 Å². The molecule has 0 spiro atoms. The molecule has 8 heteroatoms. The molecule has 1 N–H and O–H groups in total. The van der Waals surface area contributed by atoms with Gasteiger partial charge in [-0.3, -0.25) is 19.9 Å². The first-order valence-corrected chi connectivity index (χ1v) is 5.47. The zero-order valence-electron chi connectivity index (χ0n) is 9.41. The van der Waals surface area contributed by atoms with Crippen molar-refractivity contribution in [1.29, 1.82) is 0 Å². The summed E-state index contributed by atoms with van der Waals surface area (Å²) in [5, 5.41) is 13.2. The van der Waals surface area contributed by atoms with E-state index in [9.17, 15) is 14.9 Å². The molecule has 19 heavy (non-hydrogen) atoms. The minimum atomic E-state index is -0.547. The standard InChI is InChI=1S/C11H7ClN4O3/c12-10-6-13-5-9(15-10)11(17)14-7-2-1-3-8(4-7)16(18)19/h1-6H,(H,14,17). The van der Waals surface area contributed by atoms with Gasteiger partial charge in [0, 0.05) is 17.8 Å².